The molecule has 0 unspecified atom stereocenters. The van der Waals surface area contributed by atoms with Crippen LogP contribution in [0.15, 0.2) is 35.1 Å². The molecule has 0 atom stereocenters. The summed E-state index contributed by atoms with van der Waals surface area (Å²) in [6, 6.07) is 8.96. The number of hydrogen-bond acceptors (Lipinski definition) is 3. The second kappa shape index (κ2) is 4.97. The minimum absolute atomic E-state index is 0.250. The van der Waals surface area contributed by atoms with Crippen LogP contribution >= 0.6 is 0 Å². The molecule has 0 aliphatic carbocycles. The highest BCUT2D eigenvalue weighted by atomic mass is 16.5. The van der Waals surface area contributed by atoms with Gasteiger partial charge in [0.2, 0.25) is 0 Å². The summed E-state index contributed by atoms with van der Waals surface area (Å²) in [6.45, 7) is 1.44. The summed E-state index contributed by atoms with van der Waals surface area (Å²) >= 11 is 0. The standard InChI is InChI=1S/C10H9NO2.CH2O2/c1-7-6-8-4-2-3-5-9(8)10(12)11(7)13;2-1-3/h2-6,13H,1H3;1H,(H,2,3). The van der Waals surface area contributed by atoms with Crippen molar-refractivity contribution in [2.24, 2.45) is 0 Å². The summed E-state index contributed by atoms with van der Waals surface area (Å²) in [5.74, 6) is 0. The number of hydrogen-bond donors (Lipinski definition) is 2. The number of nitrogens with zero attached hydrogens (tertiary/aromatic N) is 1. The monoisotopic (exact) mass is 221 g/mol. The number of aryl methyl sites for hydroxylation is 1. The van der Waals surface area contributed by atoms with Crippen molar-refractivity contribution in [3.05, 3.63) is 46.4 Å². The van der Waals surface area contributed by atoms with Crippen LogP contribution in [-0.4, -0.2) is 21.5 Å². The summed E-state index contributed by atoms with van der Waals surface area (Å²) in [5.41, 5.74) is 0.180. The van der Waals surface area contributed by atoms with Gasteiger partial charge < -0.3 is 10.3 Å². The molecule has 0 aliphatic heterocycles. The van der Waals surface area contributed by atoms with Gasteiger partial charge in [0.25, 0.3) is 12.0 Å². The predicted molar refractivity (Wildman–Crippen MR) is 58.8 cm³/mol. The van der Waals surface area contributed by atoms with Gasteiger partial charge in [0.15, 0.2) is 0 Å². The van der Waals surface area contributed by atoms with Crippen LogP contribution in [-0.2, 0) is 4.79 Å². The molecule has 16 heavy (non-hydrogen) atoms. The molecule has 84 valence electrons. The Morgan fingerprint density at radius 1 is 1.31 bits per heavy atom. The van der Waals surface area contributed by atoms with Crippen molar-refractivity contribution in [3.8, 4) is 0 Å². The first-order valence-corrected chi connectivity index (χ1v) is 4.50. The first-order chi connectivity index (χ1) is 7.61. The van der Waals surface area contributed by atoms with Crippen LogP contribution in [0.25, 0.3) is 10.8 Å². The molecule has 2 aromatic rings. The Kier molecular flexibility index (Phi) is 3.66. The smallest absolute Gasteiger partial charge is 0.290 e. The number of benzene rings is 1. The fourth-order valence-electron chi connectivity index (χ4n) is 1.38. The molecule has 0 radical (unpaired) electrons. The SMILES string of the molecule is Cc1cc2ccccc2c(=O)n1O.O=CO. The van der Waals surface area contributed by atoms with Crippen molar-refractivity contribution in [1.29, 1.82) is 0 Å². The van der Waals surface area contributed by atoms with E-state index < -0.39 is 0 Å². The molecule has 2 rings (SSSR count). The summed E-state index contributed by atoms with van der Waals surface area (Å²) in [5, 5.41) is 17.6. The summed E-state index contributed by atoms with van der Waals surface area (Å²) in [4.78, 5) is 19.8. The molecule has 0 saturated carbocycles. The second-order valence-electron chi connectivity index (χ2n) is 3.10. The zero-order chi connectivity index (χ0) is 12.1. The van der Waals surface area contributed by atoms with Crippen LogP contribution in [0.2, 0.25) is 0 Å². The minimum atomic E-state index is -0.365. The van der Waals surface area contributed by atoms with E-state index in [1.54, 1.807) is 25.1 Å². The third kappa shape index (κ3) is 2.20. The predicted octanol–water partition coefficient (Wildman–Crippen LogP) is 1.25. The van der Waals surface area contributed by atoms with E-state index in [1.165, 1.54) is 0 Å². The van der Waals surface area contributed by atoms with Crippen LogP contribution < -0.4 is 5.56 Å². The zero-order valence-corrected chi connectivity index (χ0v) is 8.62. The lowest BCUT2D eigenvalue weighted by Gasteiger charge is -2.03. The maximum Gasteiger partial charge on any atom is 0.290 e. The summed E-state index contributed by atoms with van der Waals surface area (Å²) in [6.07, 6.45) is 0. The number of carboxylic acid groups (broad SMARTS) is 1. The third-order valence-corrected chi connectivity index (χ3v) is 2.08. The Bertz CT molecular complexity index is 559. The fraction of sp³-hybridized carbons (Fsp3) is 0.0909. The van der Waals surface area contributed by atoms with Gasteiger partial charge in [-0.05, 0) is 24.4 Å². The number of rotatable bonds is 0. The molecule has 0 amide bonds. The second-order valence-corrected chi connectivity index (χ2v) is 3.10. The van der Waals surface area contributed by atoms with Crippen LogP contribution in [0.1, 0.15) is 5.69 Å². The maximum atomic E-state index is 11.5. The van der Waals surface area contributed by atoms with Crippen LogP contribution in [0.5, 0.6) is 0 Å². The van der Waals surface area contributed by atoms with Gasteiger partial charge in [0.1, 0.15) is 0 Å². The van der Waals surface area contributed by atoms with Gasteiger partial charge in [-0.25, -0.2) is 0 Å². The van der Waals surface area contributed by atoms with E-state index in [-0.39, 0.29) is 12.0 Å². The van der Waals surface area contributed by atoms with Gasteiger partial charge in [-0.3, -0.25) is 9.59 Å². The minimum Gasteiger partial charge on any atom is -0.483 e. The number of carbonyl (C=O) groups is 1. The van der Waals surface area contributed by atoms with E-state index >= 15 is 0 Å². The van der Waals surface area contributed by atoms with Crippen LogP contribution in [0.4, 0.5) is 0 Å². The maximum absolute atomic E-state index is 11.5. The Hall–Kier alpha value is -2.30. The highest BCUT2D eigenvalue weighted by Crippen LogP contribution is 2.09. The van der Waals surface area contributed by atoms with E-state index in [9.17, 15) is 10.0 Å². The third-order valence-electron chi connectivity index (χ3n) is 2.08. The number of pyridine rings is 1. The van der Waals surface area contributed by atoms with E-state index in [2.05, 4.69) is 0 Å². The molecule has 1 aromatic carbocycles. The lowest BCUT2D eigenvalue weighted by atomic mass is 10.1. The Labute approximate surface area is 91.1 Å². The molecule has 1 heterocycles. The van der Waals surface area contributed by atoms with Gasteiger partial charge >= 0.3 is 0 Å². The molecule has 0 bridgehead atoms. The first-order valence-electron chi connectivity index (χ1n) is 4.50. The number of aromatic nitrogens is 1. The van der Waals surface area contributed by atoms with Crippen molar-refractivity contribution in [1.82, 2.24) is 4.73 Å². The quantitative estimate of drug-likeness (QED) is 0.518. The van der Waals surface area contributed by atoms with Crippen molar-refractivity contribution in [2.75, 3.05) is 0 Å². The average molecular weight is 221 g/mol. The van der Waals surface area contributed by atoms with E-state index in [4.69, 9.17) is 9.90 Å². The van der Waals surface area contributed by atoms with E-state index in [0.717, 1.165) is 5.39 Å². The molecule has 2 N–H and O–H groups in total. The van der Waals surface area contributed by atoms with E-state index in [1.807, 2.05) is 12.1 Å². The lowest BCUT2D eigenvalue weighted by molar-refractivity contribution is -0.122. The Balaban J connectivity index is 0.000000386. The molecular formula is C11H11NO4. The van der Waals surface area contributed by atoms with Crippen LogP contribution in [0, 0.1) is 6.92 Å². The van der Waals surface area contributed by atoms with Crippen molar-refractivity contribution < 1.29 is 15.1 Å². The topological polar surface area (TPSA) is 79.5 Å². The highest BCUT2D eigenvalue weighted by molar-refractivity contribution is 5.81. The van der Waals surface area contributed by atoms with Gasteiger partial charge in [-0.1, -0.05) is 18.2 Å². The molecule has 0 aliphatic rings. The Morgan fingerprint density at radius 3 is 2.50 bits per heavy atom. The van der Waals surface area contributed by atoms with Gasteiger partial charge in [-0.15, -0.1) is 0 Å². The van der Waals surface area contributed by atoms with Crippen molar-refractivity contribution in [3.63, 3.8) is 0 Å². The molecule has 0 fully saturated rings. The average Bonchev–Trinajstić information content (AvgIpc) is 2.27. The molecule has 5 nitrogen and oxygen atoms in total. The first kappa shape index (κ1) is 11.8. The van der Waals surface area contributed by atoms with Gasteiger partial charge in [0, 0.05) is 0 Å². The number of fused-ring (bicyclic) bond motifs is 1. The Morgan fingerprint density at radius 2 is 1.88 bits per heavy atom. The van der Waals surface area contributed by atoms with Gasteiger partial charge in [0.05, 0.1) is 11.1 Å². The molecule has 0 saturated heterocycles. The molecule has 5 heteroatoms. The lowest BCUT2D eigenvalue weighted by Crippen LogP contribution is -2.19. The highest BCUT2D eigenvalue weighted by Gasteiger charge is 2.03. The molecular weight excluding hydrogens is 210 g/mol. The summed E-state index contributed by atoms with van der Waals surface area (Å²) < 4.78 is 0.669. The fourth-order valence-corrected chi connectivity index (χ4v) is 1.38. The van der Waals surface area contributed by atoms with Crippen LogP contribution in [0.3, 0.4) is 0 Å². The molecule has 1 aromatic heterocycles. The van der Waals surface area contributed by atoms with Crippen molar-refractivity contribution in [2.45, 2.75) is 6.92 Å². The van der Waals surface area contributed by atoms with E-state index in [0.29, 0.717) is 15.8 Å². The summed E-state index contributed by atoms with van der Waals surface area (Å²) in [7, 11) is 0. The zero-order valence-electron chi connectivity index (χ0n) is 8.62. The van der Waals surface area contributed by atoms with Gasteiger partial charge in [-0.2, -0.15) is 4.73 Å². The largest absolute Gasteiger partial charge is 0.483 e. The normalized spacial score (nSPS) is 9.31. The van der Waals surface area contributed by atoms with Crippen molar-refractivity contribution >= 4 is 17.2 Å². The molecule has 0 spiro atoms.